The molecule has 0 aromatic heterocycles. The Kier molecular flexibility index (Phi) is 3.80. The molecule has 0 saturated carbocycles. The maximum Gasteiger partial charge on any atom is 0.337 e. The maximum atomic E-state index is 11.3. The first-order chi connectivity index (χ1) is 8.90. The molecular weight excluding hydrogens is 240 g/mol. The maximum absolute atomic E-state index is 11.3. The molecule has 0 bridgehead atoms. The molecule has 4 nitrogen and oxygen atoms in total. The molecule has 104 valence electrons. The number of likely N-dealkylation sites (N-methyl/N-ethyl adjacent to an activating group) is 1. The zero-order chi connectivity index (χ0) is 14.2. The van der Waals surface area contributed by atoms with E-state index in [2.05, 4.69) is 30.8 Å². The number of anilines is 1. The third-order valence-electron chi connectivity index (χ3n) is 3.96. The monoisotopic (exact) mass is 262 g/mol. The zero-order valence-electron chi connectivity index (χ0n) is 12.1. The molecule has 1 aromatic rings. The van der Waals surface area contributed by atoms with Crippen molar-refractivity contribution in [3.63, 3.8) is 0 Å². The fourth-order valence-electron chi connectivity index (χ4n) is 2.90. The van der Waals surface area contributed by atoms with Gasteiger partial charge in [-0.3, -0.25) is 0 Å². The molecule has 19 heavy (non-hydrogen) atoms. The second-order valence-electron chi connectivity index (χ2n) is 5.74. The summed E-state index contributed by atoms with van der Waals surface area (Å²) in [6, 6.07) is 6.02. The summed E-state index contributed by atoms with van der Waals surface area (Å²) in [5.74, 6) is -0.312. The Balaban J connectivity index is 2.33. The minimum absolute atomic E-state index is 0.400. The van der Waals surface area contributed by atoms with Crippen molar-refractivity contribution in [1.29, 1.82) is 0 Å². The molecule has 2 unspecified atom stereocenters. The second kappa shape index (κ2) is 5.21. The standard InChI is InChI=1S/C15H22N2O2/c1-10-5-6-12(15(18)19)13(7-10)17-8-11(2)14(9-17)16(3)4/h5-7,11,14H,8-9H2,1-4H3,(H,18,19). The van der Waals surface area contributed by atoms with Crippen molar-refractivity contribution in [3.8, 4) is 0 Å². The number of aryl methyl sites for hydroxylation is 1. The molecule has 2 rings (SSSR count). The van der Waals surface area contributed by atoms with Gasteiger partial charge in [0.15, 0.2) is 0 Å². The van der Waals surface area contributed by atoms with Gasteiger partial charge in [-0.15, -0.1) is 0 Å². The van der Waals surface area contributed by atoms with Gasteiger partial charge in [0.1, 0.15) is 0 Å². The fourth-order valence-corrected chi connectivity index (χ4v) is 2.90. The smallest absolute Gasteiger partial charge is 0.337 e. The zero-order valence-corrected chi connectivity index (χ0v) is 12.1. The van der Waals surface area contributed by atoms with E-state index in [-0.39, 0.29) is 0 Å². The lowest BCUT2D eigenvalue weighted by atomic mass is 10.1. The van der Waals surface area contributed by atoms with Crippen LogP contribution in [0.1, 0.15) is 22.8 Å². The van der Waals surface area contributed by atoms with Crippen molar-refractivity contribution < 1.29 is 9.90 Å². The summed E-state index contributed by atoms with van der Waals surface area (Å²) in [6.45, 7) is 6.02. The van der Waals surface area contributed by atoms with Gasteiger partial charge in [-0.05, 0) is 44.6 Å². The average Bonchev–Trinajstić information content (AvgIpc) is 2.70. The van der Waals surface area contributed by atoms with Gasteiger partial charge in [-0.25, -0.2) is 4.79 Å². The summed E-state index contributed by atoms with van der Waals surface area (Å²) in [4.78, 5) is 15.8. The highest BCUT2D eigenvalue weighted by Gasteiger charge is 2.32. The van der Waals surface area contributed by atoms with Crippen LogP contribution in [-0.2, 0) is 0 Å². The Bertz CT molecular complexity index is 485. The van der Waals surface area contributed by atoms with Gasteiger partial charge in [0.2, 0.25) is 0 Å². The second-order valence-corrected chi connectivity index (χ2v) is 5.74. The topological polar surface area (TPSA) is 43.8 Å². The first kappa shape index (κ1) is 13.9. The van der Waals surface area contributed by atoms with Crippen molar-refractivity contribution >= 4 is 11.7 Å². The summed E-state index contributed by atoms with van der Waals surface area (Å²) in [7, 11) is 4.16. The van der Waals surface area contributed by atoms with Crippen LogP contribution in [0.3, 0.4) is 0 Å². The molecule has 4 heteroatoms. The summed E-state index contributed by atoms with van der Waals surface area (Å²) in [5.41, 5.74) is 2.35. The molecule has 1 saturated heterocycles. The number of carboxylic acid groups (broad SMARTS) is 1. The summed E-state index contributed by atoms with van der Waals surface area (Å²) in [6.07, 6.45) is 0. The van der Waals surface area contributed by atoms with Crippen LogP contribution in [0.25, 0.3) is 0 Å². The third kappa shape index (κ3) is 2.73. The molecule has 2 atom stereocenters. The molecule has 1 aliphatic rings. The van der Waals surface area contributed by atoms with Crippen molar-refractivity contribution in [2.75, 3.05) is 32.1 Å². The number of benzene rings is 1. The molecule has 1 heterocycles. The van der Waals surface area contributed by atoms with Gasteiger partial charge in [0.25, 0.3) is 0 Å². The van der Waals surface area contributed by atoms with E-state index >= 15 is 0 Å². The van der Waals surface area contributed by atoms with Gasteiger partial charge < -0.3 is 14.9 Å². The predicted molar refractivity (Wildman–Crippen MR) is 77.0 cm³/mol. The van der Waals surface area contributed by atoms with Gasteiger partial charge in [0, 0.05) is 19.1 Å². The third-order valence-corrected chi connectivity index (χ3v) is 3.96. The molecule has 0 radical (unpaired) electrons. The largest absolute Gasteiger partial charge is 0.478 e. The highest BCUT2D eigenvalue weighted by atomic mass is 16.4. The van der Waals surface area contributed by atoms with Crippen molar-refractivity contribution in [1.82, 2.24) is 4.90 Å². The number of carbonyl (C=O) groups is 1. The molecule has 0 amide bonds. The van der Waals surface area contributed by atoms with Crippen LogP contribution in [0.2, 0.25) is 0 Å². The fraction of sp³-hybridized carbons (Fsp3) is 0.533. The van der Waals surface area contributed by atoms with Crippen LogP contribution in [-0.4, -0.2) is 49.2 Å². The Morgan fingerprint density at radius 1 is 1.37 bits per heavy atom. The number of nitrogens with zero attached hydrogens (tertiary/aromatic N) is 2. The molecule has 1 aromatic carbocycles. The Labute approximate surface area is 114 Å². The van der Waals surface area contributed by atoms with Crippen LogP contribution >= 0.6 is 0 Å². The summed E-state index contributed by atoms with van der Waals surface area (Å²) in [5, 5.41) is 9.32. The lowest BCUT2D eigenvalue weighted by molar-refractivity contribution is 0.0697. The lowest BCUT2D eigenvalue weighted by Gasteiger charge is -2.24. The Morgan fingerprint density at radius 2 is 2.05 bits per heavy atom. The SMILES string of the molecule is Cc1ccc(C(=O)O)c(N2CC(C)C(N(C)C)C2)c1. The highest BCUT2D eigenvalue weighted by Crippen LogP contribution is 2.29. The summed E-state index contributed by atoms with van der Waals surface area (Å²) < 4.78 is 0. The number of hydrogen-bond acceptors (Lipinski definition) is 3. The van der Waals surface area contributed by atoms with Crippen LogP contribution < -0.4 is 4.90 Å². The van der Waals surface area contributed by atoms with E-state index in [4.69, 9.17) is 0 Å². The average molecular weight is 262 g/mol. The van der Waals surface area contributed by atoms with Crippen molar-refractivity contribution in [3.05, 3.63) is 29.3 Å². The lowest BCUT2D eigenvalue weighted by Crippen LogP contribution is -2.34. The quantitative estimate of drug-likeness (QED) is 0.905. The van der Waals surface area contributed by atoms with E-state index in [1.807, 2.05) is 19.1 Å². The Morgan fingerprint density at radius 3 is 2.58 bits per heavy atom. The molecule has 1 N–H and O–H groups in total. The minimum Gasteiger partial charge on any atom is -0.478 e. The number of rotatable bonds is 3. The van der Waals surface area contributed by atoms with Crippen LogP contribution in [0.4, 0.5) is 5.69 Å². The van der Waals surface area contributed by atoms with Gasteiger partial charge >= 0.3 is 5.97 Å². The van der Waals surface area contributed by atoms with E-state index in [1.54, 1.807) is 6.07 Å². The van der Waals surface area contributed by atoms with Crippen LogP contribution in [0.5, 0.6) is 0 Å². The minimum atomic E-state index is -0.851. The molecule has 0 spiro atoms. The van der Waals surface area contributed by atoms with Crippen LogP contribution in [0, 0.1) is 12.8 Å². The first-order valence-electron chi connectivity index (χ1n) is 6.65. The van der Waals surface area contributed by atoms with E-state index in [1.165, 1.54) is 0 Å². The van der Waals surface area contributed by atoms with Gasteiger partial charge in [-0.2, -0.15) is 0 Å². The Hall–Kier alpha value is -1.55. The molecule has 1 fully saturated rings. The number of carboxylic acids is 1. The predicted octanol–water partition coefficient (Wildman–Crippen LogP) is 2.08. The van der Waals surface area contributed by atoms with Gasteiger partial charge in [0.05, 0.1) is 11.3 Å². The van der Waals surface area contributed by atoms with Crippen molar-refractivity contribution in [2.24, 2.45) is 5.92 Å². The number of aromatic carboxylic acids is 1. The summed E-state index contributed by atoms with van der Waals surface area (Å²) >= 11 is 0. The van der Waals surface area contributed by atoms with Crippen molar-refractivity contribution in [2.45, 2.75) is 19.9 Å². The highest BCUT2D eigenvalue weighted by molar-refractivity contribution is 5.94. The van der Waals surface area contributed by atoms with E-state index in [0.717, 1.165) is 24.3 Å². The van der Waals surface area contributed by atoms with E-state index < -0.39 is 5.97 Å². The van der Waals surface area contributed by atoms with E-state index in [9.17, 15) is 9.90 Å². The molecular formula is C15H22N2O2. The van der Waals surface area contributed by atoms with Gasteiger partial charge in [-0.1, -0.05) is 13.0 Å². The molecule has 1 aliphatic heterocycles. The van der Waals surface area contributed by atoms with Crippen LogP contribution in [0.15, 0.2) is 18.2 Å². The molecule has 0 aliphatic carbocycles. The number of hydrogen-bond donors (Lipinski definition) is 1. The normalized spacial score (nSPS) is 23.1. The first-order valence-corrected chi connectivity index (χ1v) is 6.65. The van der Waals surface area contributed by atoms with E-state index in [0.29, 0.717) is 17.5 Å².